The molecular weight excluding hydrogens is 521 g/mol. The molecule has 3 aromatic rings. The summed E-state index contributed by atoms with van der Waals surface area (Å²) in [4.78, 5) is 14.4. The highest BCUT2D eigenvalue weighted by Crippen LogP contribution is 2.33. The summed E-state index contributed by atoms with van der Waals surface area (Å²) in [5.41, 5.74) is 2.31. The van der Waals surface area contributed by atoms with Crippen LogP contribution in [0.5, 0.6) is 0 Å². The van der Waals surface area contributed by atoms with E-state index < -0.39 is 26.8 Å². The summed E-state index contributed by atoms with van der Waals surface area (Å²) in [5, 5.41) is 13.5. The lowest BCUT2D eigenvalue weighted by molar-refractivity contribution is 0.206. The number of halogens is 3. The highest BCUT2D eigenvalue weighted by Gasteiger charge is 2.35. The molecule has 1 amide bonds. The van der Waals surface area contributed by atoms with E-state index in [-0.39, 0.29) is 26.9 Å². The molecule has 0 aliphatic carbocycles. The molecule has 0 spiro atoms. The number of nitrogens with zero attached hydrogens (tertiary/aromatic N) is 2. The van der Waals surface area contributed by atoms with Crippen molar-refractivity contribution in [2.45, 2.75) is 17.9 Å². The van der Waals surface area contributed by atoms with Gasteiger partial charge in [-0.3, -0.25) is 0 Å². The lowest BCUT2D eigenvalue weighted by atomic mass is 10.1. The topological polar surface area (TPSA) is 99.6 Å². The predicted molar refractivity (Wildman–Crippen MR) is 117 cm³/mol. The fourth-order valence-corrected chi connectivity index (χ4v) is 5.26. The summed E-state index contributed by atoms with van der Waals surface area (Å²) in [6, 6.07) is 8.97. The van der Waals surface area contributed by atoms with E-state index in [4.69, 9.17) is 11.6 Å². The first-order valence-corrected chi connectivity index (χ1v) is 11.8. The van der Waals surface area contributed by atoms with Crippen molar-refractivity contribution in [1.29, 1.82) is 0 Å². The minimum absolute atomic E-state index is 0.00939. The van der Waals surface area contributed by atoms with E-state index in [1.54, 1.807) is 0 Å². The molecule has 0 saturated heterocycles. The van der Waals surface area contributed by atoms with Crippen molar-refractivity contribution in [2.75, 3.05) is 9.62 Å². The molecule has 0 radical (unpaired) electrons. The van der Waals surface area contributed by atoms with Gasteiger partial charge in [0.2, 0.25) is 0 Å². The molecule has 0 fully saturated rings. The molecule has 158 valence electrons. The smallest absolute Gasteiger partial charge is 0.427 e. The highest BCUT2D eigenvalue weighted by molar-refractivity contribution is 9.10. The third kappa shape index (κ3) is 4.59. The number of nitrogens with one attached hydrogen (secondary N) is 1. The molecule has 1 heterocycles. The van der Waals surface area contributed by atoms with Crippen LogP contribution in [0.1, 0.15) is 18.5 Å². The maximum Gasteiger partial charge on any atom is 0.427 e. The van der Waals surface area contributed by atoms with E-state index in [1.165, 1.54) is 10.9 Å². The number of aromatic nitrogens is 1. The lowest BCUT2D eigenvalue weighted by Crippen LogP contribution is -2.36. The number of amides is 1. The monoisotopic (exact) mass is 533 g/mol. The molecule has 1 aromatic heterocycles. The molecule has 30 heavy (non-hydrogen) atoms. The molecule has 2 aromatic carbocycles. The van der Waals surface area contributed by atoms with Gasteiger partial charge in [0.25, 0.3) is 10.0 Å². The van der Waals surface area contributed by atoms with Crippen LogP contribution in [0.3, 0.4) is 0 Å². The SMILES string of the molecule is CC(Nc1cc(F)c(S(=O)(=O)N(C(=O)O)c2cscn2)cc1Cl)c1cccc(Br)c1. The zero-order valence-electron chi connectivity index (χ0n) is 15.2. The number of hydrogen-bond acceptors (Lipinski definition) is 6. The van der Waals surface area contributed by atoms with Gasteiger partial charge in [-0.25, -0.2) is 22.6 Å². The molecule has 0 saturated carbocycles. The first-order valence-electron chi connectivity index (χ1n) is 8.28. The summed E-state index contributed by atoms with van der Waals surface area (Å²) in [5.74, 6) is -1.50. The van der Waals surface area contributed by atoms with E-state index in [1.807, 2.05) is 31.2 Å². The van der Waals surface area contributed by atoms with Crippen LogP contribution in [-0.2, 0) is 10.0 Å². The lowest BCUT2D eigenvalue weighted by Gasteiger charge is -2.20. The summed E-state index contributed by atoms with van der Waals surface area (Å²) >= 11 is 10.6. The molecule has 12 heteroatoms. The maximum absolute atomic E-state index is 14.8. The Morgan fingerprint density at radius 3 is 2.70 bits per heavy atom. The van der Waals surface area contributed by atoms with Crippen LogP contribution in [0.15, 0.2) is 56.7 Å². The van der Waals surface area contributed by atoms with Gasteiger partial charge in [0.05, 0.1) is 16.2 Å². The van der Waals surface area contributed by atoms with Crippen LogP contribution >= 0.6 is 38.9 Å². The molecule has 0 aliphatic rings. The number of carboxylic acid groups (broad SMARTS) is 1. The van der Waals surface area contributed by atoms with Gasteiger partial charge in [0.1, 0.15) is 10.7 Å². The molecule has 0 aliphatic heterocycles. The van der Waals surface area contributed by atoms with Gasteiger partial charge < -0.3 is 10.4 Å². The number of sulfonamides is 1. The molecule has 1 unspecified atom stereocenters. The predicted octanol–water partition coefficient (Wildman–Crippen LogP) is 5.74. The van der Waals surface area contributed by atoms with Crippen molar-refractivity contribution in [3.05, 3.63) is 68.2 Å². The van der Waals surface area contributed by atoms with Crippen LogP contribution in [0.2, 0.25) is 5.02 Å². The van der Waals surface area contributed by atoms with Gasteiger partial charge in [0, 0.05) is 15.9 Å². The summed E-state index contributed by atoms with van der Waals surface area (Å²) in [6.45, 7) is 1.83. The molecule has 2 N–H and O–H groups in total. The van der Waals surface area contributed by atoms with Gasteiger partial charge in [-0.1, -0.05) is 39.7 Å². The minimum Gasteiger partial charge on any atom is -0.464 e. The molecule has 1 atom stereocenters. The Kier molecular flexibility index (Phi) is 6.65. The average molecular weight is 535 g/mol. The highest BCUT2D eigenvalue weighted by atomic mass is 79.9. The number of rotatable bonds is 6. The fourth-order valence-electron chi connectivity index (χ4n) is 2.66. The summed E-state index contributed by atoms with van der Waals surface area (Å²) in [6.07, 6.45) is -1.82. The Labute approximate surface area is 189 Å². The second-order valence-corrected chi connectivity index (χ2v) is 9.88. The first kappa shape index (κ1) is 22.5. The van der Waals surface area contributed by atoms with Crippen molar-refractivity contribution in [3.8, 4) is 0 Å². The van der Waals surface area contributed by atoms with Crippen LogP contribution in [-0.4, -0.2) is 24.6 Å². The Morgan fingerprint density at radius 1 is 1.37 bits per heavy atom. The fraction of sp³-hybridized carbons (Fsp3) is 0.111. The van der Waals surface area contributed by atoms with E-state index in [0.717, 1.165) is 33.5 Å². The van der Waals surface area contributed by atoms with E-state index in [9.17, 15) is 22.7 Å². The Bertz CT molecular complexity index is 1190. The first-order chi connectivity index (χ1) is 14.1. The van der Waals surface area contributed by atoms with Crippen molar-refractivity contribution in [2.24, 2.45) is 0 Å². The Balaban J connectivity index is 1.97. The number of thiazole rings is 1. The van der Waals surface area contributed by atoms with Crippen molar-refractivity contribution >= 4 is 66.5 Å². The van der Waals surface area contributed by atoms with Crippen LogP contribution in [0.4, 0.5) is 20.7 Å². The minimum atomic E-state index is -4.79. The van der Waals surface area contributed by atoms with Crippen LogP contribution < -0.4 is 9.62 Å². The average Bonchev–Trinajstić information content (AvgIpc) is 3.17. The number of hydrogen-bond donors (Lipinski definition) is 2. The van der Waals surface area contributed by atoms with Gasteiger partial charge in [-0.2, -0.15) is 0 Å². The van der Waals surface area contributed by atoms with Crippen LogP contribution in [0.25, 0.3) is 0 Å². The largest absolute Gasteiger partial charge is 0.464 e. The van der Waals surface area contributed by atoms with E-state index in [0.29, 0.717) is 0 Å². The number of carbonyl (C=O) groups is 1. The Morgan fingerprint density at radius 2 is 2.10 bits per heavy atom. The molecule has 3 rings (SSSR count). The van der Waals surface area contributed by atoms with Crippen molar-refractivity contribution < 1.29 is 22.7 Å². The van der Waals surface area contributed by atoms with Crippen LogP contribution in [0, 0.1) is 5.82 Å². The quantitative estimate of drug-likeness (QED) is 0.418. The number of benzene rings is 2. The third-order valence-electron chi connectivity index (χ3n) is 4.06. The van der Waals surface area contributed by atoms with Gasteiger partial charge in [-0.15, -0.1) is 15.6 Å². The van der Waals surface area contributed by atoms with Crippen molar-refractivity contribution in [3.63, 3.8) is 0 Å². The number of anilines is 2. The summed E-state index contributed by atoms with van der Waals surface area (Å²) in [7, 11) is -4.79. The van der Waals surface area contributed by atoms with Gasteiger partial charge in [0.15, 0.2) is 5.82 Å². The second-order valence-electron chi connectivity index (χ2n) is 6.08. The molecule has 0 bridgehead atoms. The van der Waals surface area contributed by atoms with E-state index in [2.05, 4.69) is 26.2 Å². The van der Waals surface area contributed by atoms with Gasteiger partial charge >= 0.3 is 6.09 Å². The second kappa shape index (κ2) is 8.88. The zero-order chi connectivity index (χ0) is 22.1. The third-order valence-corrected chi connectivity index (χ3v) is 7.13. The standard InChI is InChI=1S/C18H14BrClFN3O4S2/c1-10(11-3-2-4-12(19)5-11)23-15-7-14(21)16(6-13(15)20)30(27,28)24(18(25)26)17-8-29-9-22-17/h2-10,23H,1H3,(H,25,26). The maximum atomic E-state index is 14.8. The zero-order valence-corrected chi connectivity index (χ0v) is 19.2. The van der Waals surface area contributed by atoms with Gasteiger partial charge in [-0.05, 0) is 36.8 Å². The molecule has 7 nitrogen and oxygen atoms in total. The summed E-state index contributed by atoms with van der Waals surface area (Å²) < 4.78 is 41.3. The Hall–Kier alpha value is -2.21. The normalized spacial score (nSPS) is 12.4. The van der Waals surface area contributed by atoms with Crippen molar-refractivity contribution in [1.82, 2.24) is 4.98 Å². The molecular formula is C18H14BrClFN3O4S2. The van der Waals surface area contributed by atoms with E-state index >= 15 is 0 Å².